The smallest absolute Gasteiger partial charge is 0.361 e. The number of carbonyl (C=O) groups excluding carboxylic acids is 1. The Morgan fingerprint density at radius 1 is 1.15 bits per heavy atom. The fourth-order valence-corrected chi connectivity index (χ4v) is 4.01. The van der Waals surface area contributed by atoms with Gasteiger partial charge in [-0.2, -0.15) is 13.2 Å². The van der Waals surface area contributed by atoms with Crippen molar-refractivity contribution in [2.24, 2.45) is 7.05 Å². The summed E-state index contributed by atoms with van der Waals surface area (Å²) < 4.78 is 47.0. The molecule has 5 heterocycles. The number of rotatable bonds is 6. The van der Waals surface area contributed by atoms with E-state index in [2.05, 4.69) is 30.4 Å². The number of alkyl halides is 3. The molecule has 1 N–H and O–H groups in total. The number of nitrogens with zero attached hydrogens (tertiary/aromatic N) is 8. The predicted molar refractivity (Wildman–Crippen MR) is 133 cm³/mol. The second-order valence-corrected chi connectivity index (χ2v) is 8.87. The van der Waals surface area contributed by atoms with Gasteiger partial charge < -0.3 is 14.4 Å². The Kier molecular flexibility index (Phi) is 6.53. The van der Waals surface area contributed by atoms with Crippen LogP contribution in [0.1, 0.15) is 30.1 Å². The summed E-state index contributed by atoms with van der Waals surface area (Å²) in [5.41, 5.74) is -1.44. The van der Waals surface area contributed by atoms with Crippen LogP contribution in [0, 0.1) is 6.92 Å². The van der Waals surface area contributed by atoms with Gasteiger partial charge in [-0.25, -0.2) is 14.8 Å². The van der Waals surface area contributed by atoms with E-state index in [-0.39, 0.29) is 34.8 Å². The second-order valence-electron chi connectivity index (χ2n) is 8.87. The minimum absolute atomic E-state index is 0.0145. The number of nitrogens with one attached hydrogen (secondary N) is 1. The van der Waals surface area contributed by atoms with Crippen LogP contribution in [-0.4, -0.2) is 44.7 Å². The molecule has 1 unspecified atom stereocenters. The number of anilines is 1. The first-order valence-electron chi connectivity index (χ1n) is 11.7. The van der Waals surface area contributed by atoms with E-state index in [0.29, 0.717) is 11.5 Å². The molecule has 5 aromatic rings. The molecule has 1 amide bonds. The topological polar surface area (TPSA) is 156 Å². The molecule has 40 heavy (non-hydrogen) atoms. The van der Waals surface area contributed by atoms with Crippen LogP contribution in [-0.2, 0) is 24.6 Å². The van der Waals surface area contributed by atoms with Gasteiger partial charge in [0, 0.05) is 24.9 Å². The highest BCUT2D eigenvalue weighted by Gasteiger charge is 2.32. The van der Waals surface area contributed by atoms with Crippen molar-refractivity contribution in [3.8, 4) is 11.3 Å². The molecule has 13 nitrogen and oxygen atoms in total. The first-order chi connectivity index (χ1) is 18.9. The maximum absolute atomic E-state index is 13.4. The molecule has 0 spiro atoms. The minimum atomic E-state index is -4.58. The first kappa shape index (κ1) is 26.5. The number of amides is 1. The van der Waals surface area contributed by atoms with Crippen LogP contribution in [0.15, 0.2) is 57.2 Å². The molecule has 0 saturated heterocycles. The number of hydrogen-bond donors (Lipinski definition) is 1. The standard InChI is InChI=1S/C24H20F3N9O4/c1-12-6-15(33-40-12)10-35-22(38)19-20(34(3)23(35)39)30-11-36(19)13(2)21(37)32-18-9-28-8-16(31-18)14-4-5-17(29-7-14)24(25,26)27/h4-9,11,13H,10H2,1-3H3,(H,31,32,37). The molecule has 5 aromatic heterocycles. The summed E-state index contributed by atoms with van der Waals surface area (Å²) in [6, 6.07) is 2.62. The van der Waals surface area contributed by atoms with Gasteiger partial charge in [0.1, 0.15) is 23.2 Å². The normalized spacial score (nSPS) is 12.6. The van der Waals surface area contributed by atoms with E-state index in [0.717, 1.165) is 16.8 Å². The molecule has 16 heteroatoms. The molecule has 206 valence electrons. The van der Waals surface area contributed by atoms with Gasteiger partial charge in [-0.15, -0.1) is 0 Å². The zero-order valence-corrected chi connectivity index (χ0v) is 21.2. The van der Waals surface area contributed by atoms with Crippen LogP contribution in [0.25, 0.3) is 22.4 Å². The van der Waals surface area contributed by atoms with Crippen LogP contribution in [0.4, 0.5) is 19.0 Å². The largest absolute Gasteiger partial charge is 0.433 e. The van der Waals surface area contributed by atoms with Crippen molar-refractivity contribution in [2.75, 3.05) is 5.32 Å². The fourth-order valence-electron chi connectivity index (χ4n) is 4.01. The Balaban J connectivity index is 1.43. The number of carbonyl (C=O) groups is 1. The third-order valence-electron chi connectivity index (χ3n) is 6.09. The van der Waals surface area contributed by atoms with Crippen molar-refractivity contribution >= 4 is 22.9 Å². The van der Waals surface area contributed by atoms with E-state index in [4.69, 9.17) is 4.52 Å². The summed E-state index contributed by atoms with van der Waals surface area (Å²) in [5.74, 6) is -0.0638. The average molecular weight is 555 g/mol. The maximum atomic E-state index is 13.4. The van der Waals surface area contributed by atoms with Crippen LogP contribution in [0.5, 0.6) is 0 Å². The van der Waals surface area contributed by atoms with Gasteiger partial charge in [-0.1, -0.05) is 5.16 Å². The first-order valence-corrected chi connectivity index (χ1v) is 11.7. The highest BCUT2D eigenvalue weighted by Crippen LogP contribution is 2.28. The maximum Gasteiger partial charge on any atom is 0.433 e. The van der Waals surface area contributed by atoms with Crippen LogP contribution in [0.3, 0.4) is 0 Å². The van der Waals surface area contributed by atoms with E-state index in [1.54, 1.807) is 13.0 Å². The minimum Gasteiger partial charge on any atom is -0.361 e. The number of imidazole rings is 1. The summed E-state index contributed by atoms with van der Waals surface area (Å²) in [4.78, 5) is 55.2. The summed E-state index contributed by atoms with van der Waals surface area (Å²) in [6.07, 6.45) is 0.267. The molecular weight excluding hydrogens is 535 g/mol. The van der Waals surface area contributed by atoms with E-state index in [1.165, 1.54) is 47.9 Å². The van der Waals surface area contributed by atoms with E-state index in [9.17, 15) is 27.6 Å². The van der Waals surface area contributed by atoms with E-state index in [1.807, 2.05) is 0 Å². The number of hydrogen-bond acceptors (Lipinski definition) is 9. The van der Waals surface area contributed by atoms with Crippen LogP contribution in [0.2, 0.25) is 0 Å². The lowest BCUT2D eigenvalue weighted by atomic mass is 10.2. The zero-order valence-electron chi connectivity index (χ0n) is 21.2. The monoisotopic (exact) mass is 555 g/mol. The molecule has 0 fully saturated rings. The summed E-state index contributed by atoms with van der Waals surface area (Å²) in [6.45, 7) is 3.05. The van der Waals surface area contributed by atoms with Crippen molar-refractivity contribution in [2.45, 2.75) is 32.6 Å². The molecule has 0 aromatic carbocycles. The quantitative estimate of drug-likeness (QED) is 0.332. The van der Waals surface area contributed by atoms with Gasteiger partial charge in [-0.3, -0.25) is 28.7 Å². The number of pyridine rings is 1. The Bertz CT molecular complexity index is 1850. The third-order valence-corrected chi connectivity index (χ3v) is 6.09. The van der Waals surface area contributed by atoms with Crippen LogP contribution >= 0.6 is 0 Å². The van der Waals surface area contributed by atoms with Gasteiger partial charge in [-0.05, 0) is 26.0 Å². The van der Waals surface area contributed by atoms with Crippen molar-refractivity contribution in [1.29, 1.82) is 0 Å². The summed E-state index contributed by atoms with van der Waals surface area (Å²) >= 11 is 0. The number of aryl methyl sites for hydroxylation is 2. The number of aromatic nitrogens is 8. The lowest BCUT2D eigenvalue weighted by Gasteiger charge is -2.15. The van der Waals surface area contributed by atoms with Gasteiger partial charge in [0.25, 0.3) is 5.56 Å². The molecule has 0 aliphatic carbocycles. The van der Waals surface area contributed by atoms with Gasteiger partial charge >= 0.3 is 11.9 Å². The van der Waals surface area contributed by atoms with Gasteiger partial charge in [0.05, 0.1) is 31.0 Å². The predicted octanol–water partition coefficient (Wildman–Crippen LogP) is 2.31. The number of fused-ring (bicyclic) bond motifs is 1. The molecule has 0 aliphatic rings. The Hall–Kier alpha value is -5.15. The van der Waals surface area contributed by atoms with Crippen LogP contribution < -0.4 is 16.6 Å². The Labute approximate surface area is 221 Å². The van der Waals surface area contributed by atoms with E-state index < -0.39 is 35.1 Å². The zero-order chi connectivity index (χ0) is 28.8. The Morgan fingerprint density at radius 2 is 1.93 bits per heavy atom. The molecule has 0 aliphatic heterocycles. The molecule has 1 atom stereocenters. The molecule has 0 radical (unpaired) electrons. The lowest BCUT2D eigenvalue weighted by molar-refractivity contribution is -0.141. The average Bonchev–Trinajstić information content (AvgIpc) is 3.55. The van der Waals surface area contributed by atoms with Crippen molar-refractivity contribution < 1.29 is 22.5 Å². The third kappa shape index (κ3) is 4.85. The highest BCUT2D eigenvalue weighted by atomic mass is 19.4. The Morgan fingerprint density at radius 3 is 2.58 bits per heavy atom. The van der Waals surface area contributed by atoms with E-state index >= 15 is 0 Å². The summed E-state index contributed by atoms with van der Waals surface area (Å²) in [7, 11) is 1.45. The van der Waals surface area contributed by atoms with Crippen molar-refractivity contribution in [3.05, 3.63) is 81.1 Å². The summed E-state index contributed by atoms with van der Waals surface area (Å²) in [5, 5.41) is 6.41. The van der Waals surface area contributed by atoms with Gasteiger partial charge in [0.2, 0.25) is 5.91 Å². The second kappa shape index (κ2) is 9.87. The molecular formula is C24H20F3N9O4. The number of halogens is 3. The van der Waals surface area contributed by atoms with Crippen molar-refractivity contribution in [1.82, 2.24) is 38.8 Å². The SMILES string of the molecule is Cc1cc(Cn2c(=O)c3c(ncn3C(C)C(=O)Nc3cncc(-c4ccc(C(F)(F)F)nc4)n3)n(C)c2=O)no1. The fraction of sp³-hybridized carbons (Fsp3) is 0.250. The lowest BCUT2D eigenvalue weighted by Crippen LogP contribution is -2.40. The molecule has 0 saturated carbocycles. The van der Waals surface area contributed by atoms with Crippen molar-refractivity contribution in [3.63, 3.8) is 0 Å². The molecule has 5 rings (SSSR count). The molecule has 0 bridgehead atoms. The highest BCUT2D eigenvalue weighted by molar-refractivity contribution is 5.93. The van der Waals surface area contributed by atoms with Gasteiger partial charge in [0.15, 0.2) is 17.0 Å².